The van der Waals surface area contributed by atoms with Gasteiger partial charge in [-0.3, -0.25) is 19.7 Å². The maximum Gasteiger partial charge on any atom is 0.251 e. The fourth-order valence-corrected chi connectivity index (χ4v) is 4.02. The molecule has 2 fully saturated rings. The standard InChI is InChI=1S/C20H24N4O2/c25-19(17-3-8-21-9-4-17)23-18-5-11-26-20(12-18)6-10-24(15-20)14-16-2-1-7-22-13-16/h1-4,7-9,13,18H,5-6,10-12,14-15H2,(H,23,25)/t18-,20-/m1/s1. The zero-order valence-corrected chi connectivity index (χ0v) is 14.8. The van der Waals surface area contributed by atoms with E-state index >= 15 is 0 Å². The molecule has 0 aromatic carbocycles. The van der Waals surface area contributed by atoms with Gasteiger partial charge in [0.05, 0.1) is 5.60 Å². The van der Waals surface area contributed by atoms with Crippen LogP contribution in [0.4, 0.5) is 0 Å². The molecule has 0 radical (unpaired) electrons. The number of nitrogens with zero attached hydrogens (tertiary/aromatic N) is 3. The third kappa shape index (κ3) is 3.92. The fraction of sp³-hybridized carbons (Fsp3) is 0.450. The fourth-order valence-electron chi connectivity index (χ4n) is 4.02. The van der Waals surface area contributed by atoms with Crippen molar-refractivity contribution in [2.24, 2.45) is 0 Å². The number of likely N-dealkylation sites (tertiary alicyclic amines) is 1. The van der Waals surface area contributed by atoms with Crippen LogP contribution >= 0.6 is 0 Å². The highest BCUT2D eigenvalue weighted by molar-refractivity contribution is 5.94. The molecule has 1 N–H and O–H groups in total. The third-order valence-electron chi connectivity index (χ3n) is 5.30. The number of ether oxygens (including phenoxy) is 1. The highest BCUT2D eigenvalue weighted by Gasteiger charge is 2.43. The predicted octanol–water partition coefficient (Wildman–Crippen LogP) is 2.03. The zero-order valence-electron chi connectivity index (χ0n) is 14.8. The van der Waals surface area contributed by atoms with E-state index < -0.39 is 0 Å². The van der Waals surface area contributed by atoms with Crippen molar-refractivity contribution in [3.05, 3.63) is 60.2 Å². The molecule has 0 saturated carbocycles. The number of amides is 1. The van der Waals surface area contributed by atoms with Crippen molar-refractivity contribution in [1.82, 2.24) is 20.2 Å². The van der Waals surface area contributed by atoms with Crippen molar-refractivity contribution in [1.29, 1.82) is 0 Å². The predicted molar refractivity (Wildman–Crippen MR) is 97.5 cm³/mol. The number of carbonyl (C=O) groups excluding carboxylic acids is 1. The highest BCUT2D eigenvalue weighted by atomic mass is 16.5. The van der Waals surface area contributed by atoms with E-state index in [0.29, 0.717) is 12.2 Å². The lowest BCUT2D eigenvalue weighted by Gasteiger charge is -2.38. The smallest absolute Gasteiger partial charge is 0.251 e. The summed E-state index contributed by atoms with van der Waals surface area (Å²) in [7, 11) is 0. The molecule has 2 atom stereocenters. The summed E-state index contributed by atoms with van der Waals surface area (Å²) in [6.45, 7) is 3.51. The largest absolute Gasteiger partial charge is 0.373 e. The summed E-state index contributed by atoms with van der Waals surface area (Å²) in [4.78, 5) is 23.0. The Kier molecular flexibility index (Phi) is 4.95. The monoisotopic (exact) mass is 352 g/mol. The summed E-state index contributed by atoms with van der Waals surface area (Å²) in [5, 5.41) is 3.18. The lowest BCUT2D eigenvalue weighted by Crippen LogP contribution is -2.49. The van der Waals surface area contributed by atoms with Crippen molar-refractivity contribution in [2.45, 2.75) is 37.5 Å². The van der Waals surface area contributed by atoms with Gasteiger partial charge in [-0.25, -0.2) is 0 Å². The van der Waals surface area contributed by atoms with Gasteiger partial charge in [0.2, 0.25) is 0 Å². The van der Waals surface area contributed by atoms with Crippen LogP contribution in [0.25, 0.3) is 0 Å². The van der Waals surface area contributed by atoms with Crippen molar-refractivity contribution in [2.75, 3.05) is 19.7 Å². The number of hydrogen-bond acceptors (Lipinski definition) is 5. The number of aromatic nitrogens is 2. The van der Waals surface area contributed by atoms with Crippen molar-refractivity contribution in [3.8, 4) is 0 Å². The van der Waals surface area contributed by atoms with Crippen LogP contribution in [0, 0.1) is 0 Å². The van der Waals surface area contributed by atoms with Gasteiger partial charge in [0, 0.05) is 62.6 Å². The Morgan fingerprint density at radius 2 is 2.15 bits per heavy atom. The van der Waals surface area contributed by atoms with Crippen LogP contribution in [0.3, 0.4) is 0 Å². The first-order chi connectivity index (χ1) is 12.7. The molecule has 136 valence electrons. The Bertz CT molecular complexity index is 740. The maximum atomic E-state index is 12.4. The second kappa shape index (κ2) is 7.51. The van der Waals surface area contributed by atoms with E-state index in [-0.39, 0.29) is 17.6 Å². The van der Waals surface area contributed by atoms with Crippen LogP contribution < -0.4 is 5.32 Å². The minimum absolute atomic E-state index is 0.0281. The highest BCUT2D eigenvalue weighted by Crippen LogP contribution is 2.35. The molecule has 4 rings (SSSR count). The number of hydrogen-bond donors (Lipinski definition) is 1. The minimum atomic E-state index is -0.142. The zero-order chi connectivity index (χ0) is 17.8. The Morgan fingerprint density at radius 1 is 1.27 bits per heavy atom. The summed E-state index contributed by atoms with van der Waals surface area (Å²) in [6, 6.07) is 7.73. The molecule has 6 nitrogen and oxygen atoms in total. The van der Waals surface area contributed by atoms with Gasteiger partial charge in [-0.05, 0) is 43.0 Å². The molecular formula is C20H24N4O2. The summed E-state index contributed by atoms with van der Waals surface area (Å²) in [5.74, 6) is -0.0281. The molecule has 4 heterocycles. The second-order valence-corrected chi connectivity index (χ2v) is 7.25. The Labute approximate surface area is 153 Å². The van der Waals surface area contributed by atoms with Gasteiger partial charge in [0.25, 0.3) is 5.91 Å². The van der Waals surface area contributed by atoms with Crippen LogP contribution in [0.1, 0.15) is 35.2 Å². The van der Waals surface area contributed by atoms with Crippen LogP contribution in [-0.4, -0.2) is 52.1 Å². The van der Waals surface area contributed by atoms with Crippen molar-refractivity contribution in [3.63, 3.8) is 0 Å². The normalized spacial score (nSPS) is 26.1. The summed E-state index contributed by atoms with van der Waals surface area (Å²) in [5.41, 5.74) is 1.74. The van der Waals surface area contributed by atoms with Gasteiger partial charge < -0.3 is 10.1 Å². The molecule has 2 aliphatic rings. The summed E-state index contributed by atoms with van der Waals surface area (Å²) in [6.07, 6.45) is 9.75. The van der Waals surface area contributed by atoms with Crippen LogP contribution in [0.5, 0.6) is 0 Å². The van der Waals surface area contributed by atoms with Crippen molar-refractivity contribution >= 4 is 5.91 Å². The molecule has 1 amide bonds. The average molecular weight is 352 g/mol. The van der Waals surface area contributed by atoms with Gasteiger partial charge in [-0.15, -0.1) is 0 Å². The van der Waals surface area contributed by atoms with E-state index in [1.54, 1.807) is 30.7 Å². The number of pyridine rings is 2. The van der Waals surface area contributed by atoms with Crippen LogP contribution in [-0.2, 0) is 11.3 Å². The van der Waals surface area contributed by atoms with Gasteiger partial charge in [-0.2, -0.15) is 0 Å². The minimum Gasteiger partial charge on any atom is -0.373 e. The lowest BCUT2D eigenvalue weighted by atomic mass is 9.89. The van der Waals surface area contributed by atoms with E-state index in [1.807, 2.05) is 12.3 Å². The summed E-state index contributed by atoms with van der Waals surface area (Å²) < 4.78 is 6.19. The third-order valence-corrected chi connectivity index (χ3v) is 5.30. The van der Waals surface area contributed by atoms with Gasteiger partial charge in [0.1, 0.15) is 0 Å². The second-order valence-electron chi connectivity index (χ2n) is 7.25. The van der Waals surface area contributed by atoms with E-state index in [4.69, 9.17) is 4.74 Å². The SMILES string of the molecule is O=C(N[C@@H]1CCO[C@]2(CCN(Cc3cccnc3)C2)C1)c1ccncc1. The van der Waals surface area contributed by atoms with Crippen molar-refractivity contribution < 1.29 is 9.53 Å². The molecule has 0 aliphatic carbocycles. The molecule has 2 aromatic rings. The Morgan fingerprint density at radius 3 is 2.96 bits per heavy atom. The molecule has 2 aromatic heterocycles. The summed E-state index contributed by atoms with van der Waals surface area (Å²) >= 11 is 0. The molecule has 0 unspecified atom stereocenters. The number of nitrogens with one attached hydrogen (secondary N) is 1. The van der Waals surface area contributed by atoms with E-state index in [0.717, 1.165) is 38.9 Å². The molecule has 0 bridgehead atoms. The van der Waals surface area contributed by atoms with E-state index in [9.17, 15) is 4.79 Å². The van der Waals surface area contributed by atoms with Crippen LogP contribution in [0.2, 0.25) is 0 Å². The first kappa shape index (κ1) is 17.1. The molecule has 26 heavy (non-hydrogen) atoms. The van der Waals surface area contributed by atoms with Crippen LogP contribution in [0.15, 0.2) is 49.1 Å². The molecule has 1 spiro atoms. The first-order valence-electron chi connectivity index (χ1n) is 9.19. The lowest BCUT2D eigenvalue weighted by molar-refractivity contribution is -0.0793. The number of carbonyl (C=O) groups is 1. The first-order valence-corrected chi connectivity index (χ1v) is 9.19. The van der Waals surface area contributed by atoms with Gasteiger partial charge >= 0.3 is 0 Å². The molecule has 2 saturated heterocycles. The molecule has 6 heteroatoms. The quantitative estimate of drug-likeness (QED) is 0.912. The van der Waals surface area contributed by atoms with E-state index in [1.165, 1.54) is 5.56 Å². The van der Waals surface area contributed by atoms with Gasteiger partial charge in [-0.1, -0.05) is 6.07 Å². The maximum absolute atomic E-state index is 12.4. The Balaban J connectivity index is 1.35. The Hall–Kier alpha value is -2.31. The molecular weight excluding hydrogens is 328 g/mol. The molecule has 2 aliphatic heterocycles. The topological polar surface area (TPSA) is 67.3 Å². The van der Waals surface area contributed by atoms with E-state index in [2.05, 4.69) is 26.3 Å². The average Bonchev–Trinajstić information content (AvgIpc) is 3.05. The van der Waals surface area contributed by atoms with Gasteiger partial charge in [0.15, 0.2) is 0 Å². The number of rotatable bonds is 4.